The van der Waals surface area contributed by atoms with Crippen molar-refractivity contribution >= 4 is 17.4 Å². The summed E-state index contributed by atoms with van der Waals surface area (Å²) < 4.78 is 15.4. The van der Waals surface area contributed by atoms with Crippen LogP contribution in [0.15, 0.2) is 0 Å². The molecule has 2 aliphatic heterocycles. The van der Waals surface area contributed by atoms with Gasteiger partial charge in [-0.15, -0.1) is 0 Å². The normalized spacial score (nSPS) is 43.6. The molecule has 0 radical (unpaired) electrons. The molecule has 2 saturated heterocycles. The van der Waals surface area contributed by atoms with Crippen molar-refractivity contribution in [3.05, 3.63) is 0 Å². The predicted molar refractivity (Wildman–Crippen MR) is 80.2 cm³/mol. The number of rotatable bonds is 5. The first-order valence-corrected chi connectivity index (χ1v) is 7.05. The van der Waals surface area contributed by atoms with E-state index < -0.39 is 74.6 Å². The molecule has 2 rings (SSSR count). The molecule has 11 N–H and O–H groups in total. The van der Waals surface area contributed by atoms with Crippen molar-refractivity contribution in [2.45, 2.75) is 54.8 Å². The van der Waals surface area contributed by atoms with Crippen LogP contribution in [0, 0.1) is 0 Å². The average molecular weight is 420 g/mol. The molecule has 0 unspecified atom stereocenters. The van der Waals surface area contributed by atoms with E-state index in [2.05, 4.69) is 0 Å². The van der Waals surface area contributed by atoms with Gasteiger partial charge < -0.3 is 71.5 Å². The van der Waals surface area contributed by atoms with Crippen molar-refractivity contribution in [3.8, 4) is 0 Å². The minimum Gasteiger partial charge on any atom is -0.870 e. The third-order valence-corrected chi connectivity index (χ3v) is 4.07. The van der Waals surface area contributed by atoms with Crippen molar-refractivity contribution < 1.29 is 71.5 Å². The van der Waals surface area contributed by atoms with E-state index in [1.807, 2.05) is 0 Å². The number of hydrogen-bond donors (Lipinski definition) is 8. The van der Waals surface area contributed by atoms with Gasteiger partial charge in [0.15, 0.2) is 6.29 Å². The van der Waals surface area contributed by atoms with Gasteiger partial charge in [0.2, 0.25) is 5.79 Å². The second-order valence-corrected chi connectivity index (χ2v) is 5.56. The van der Waals surface area contributed by atoms with Crippen LogP contribution in [-0.2, 0) is 14.2 Å². The van der Waals surface area contributed by atoms with Crippen molar-refractivity contribution in [1.29, 1.82) is 0 Å². The zero-order valence-electron chi connectivity index (χ0n) is 14.0. The summed E-state index contributed by atoms with van der Waals surface area (Å²) in [7, 11) is 0. The Morgan fingerprint density at radius 3 is 1.67 bits per heavy atom. The monoisotopic (exact) mass is 420 g/mol. The van der Waals surface area contributed by atoms with Crippen molar-refractivity contribution in [2.75, 3.05) is 19.8 Å². The first-order chi connectivity index (χ1) is 10.8. The van der Waals surface area contributed by atoms with Crippen LogP contribution in [0.4, 0.5) is 0 Å². The Morgan fingerprint density at radius 2 is 1.26 bits per heavy atom. The van der Waals surface area contributed by atoms with E-state index in [4.69, 9.17) is 24.4 Å². The van der Waals surface area contributed by atoms with Gasteiger partial charge in [-0.05, 0) is 0 Å². The summed E-state index contributed by atoms with van der Waals surface area (Å²) in [4.78, 5) is 0. The molecule has 0 bridgehead atoms. The Kier molecular flexibility index (Phi) is 14.7. The molecule has 14 nitrogen and oxygen atoms in total. The van der Waals surface area contributed by atoms with Crippen LogP contribution >= 0.6 is 0 Å². The first-order valence-electron chi connectivity index (χ1n) is 7.05. The fourth-order valence-electron chi connectivity index (χ4n) is 2.63. The first kappa shape index (κ1) is 31.7. The van der Waals surface area contributed by atoms with E-state index in [0.29, 0.717) is 0 Å². The molecule has 27 heavy (non-hydrogen) atoms. The van der Waals surface area contributed by atoms with Gasteiger partial charge in [0, 0.05) is 0 Å². The molecule has 2 aliphatic rings. The van der Waals surface area contributed by atoms with Gasteiger partial charge in [-0.2, -0.15) is 0 Å². The molecule has 0 amide bonds. The van der Waals surface area contributed by atoms with Crippen LogP contribution in [0.1, 0.15) is 0 Å². The zero-order valence-corrected chi connectivity index (χ0v) is 15.1. The van der Waals surface area contributed by atoms with E-state index in [9.17, 15) is 30.6 Å². The second kappa shape index (κ2) is 12.5. The van der Waals surface area contributed by atoms with E-state index in [1.54, 1.807) is 0 Å². The predicted octanol–water partition coefficient (Wildman–Crippen LogP) is -6.31. The number of aliphatic hydroxyl groups excluding tert-OH is 8. The molecule has 15 heteroatoms. The van der Waals surface area contributed by atoms with Gasteiger partial charge in [-0.3, -0.25) is 0 Å². The minimum absolute atomic E-state index is 0. The van der Waals surface area contributed by atoms with Gasteiger partial charge in [-0.25, -0.2) is 0 Å². The Bertz CT molecular complexity index is 402. The molecule has 0 saturated carbocycles. The van der Waals surface area contributed by atoms with E-state index >= 15 is 0 Å². The Hall–Kier alpha value is -0.0275. The molecular formula is C12H25AlO14. The van der Waals surface area contributed by atoms with Crippen molar-refractivity contribution in [2.24, 2.45) is 0 Å². The van der Waals surface area contributed by atoms with Crippen LogP contribution in [0.25, 0.3) is 0 Å². The molecule has 2 heterocycles. The Morgan fingerprint density at radius 1 is 0.741 bits per heavy atom. The molecule has 9 atom stereocenters. The summed E-state index contributed by atoms with van der Waals surface area (Å²) >= 11 is 0. The molecule has 0 spiro atoms. The number of hydrogen-bond acceptors (Lipinski definition) is 14. The fourth-order valence-corrected chi connectivity index (χ4v) is 2.63. The van der Waals surface area contributed by atoms with Gasteiger partial charge in [-0.1, -0.05) is 0 Å². The summed E-state index contributed by atoms with van der Waals surface area (Å²) in [5, 5.41) is 76.7. The third kappa shape index (κ3) is 5.74. The summed E-state index contributed by atoms with van der Waals surface area (Å²) in [6, 6.07) is 0. The molecular weight excluding hydrogens is 395 g/mol. The van der Waals surface area contributed by atoms with Crippen LogP contribution < -0.4 is 0 Å². The van der Waals surface area contributed by atoms with Gasteiger partial charge in [0.05, 0.1) is 13.2 Å². The van der Waals surface area contributed by atoms with E-state index in [0.717, 1.165) is 0 Å². The maximum Gasteiger partial charge on any atom is 3.00 e. The topological polar surface area (TPSA) is 280 Å². The standard InChI is InChI=1S/C12H22O11.Al.3H2O/c13-1-4-6(16)8(18)9(19)11(21-4)23-12(3-15)10(20)7(17)5(2-14)22-12;;;;/h4-11,13-20H,1-3H2;;3*1H2/q;+3;;;/p-3/t4-,5-,6-,7-,8+,9-,10+,11-,12+;;;;/m1..../s1. The smallest absolute Gasteiger partial charge is 0.870 e. The maximum absolute atomic E-state index is 10.00. The molecule has 2 fully saturated rings. The zero-order chi connectivity index (χ0) is 17.4. The summed E-state index contributed by atoms with van der Waals surface area (Å²) in [6.45, 7) is -2.32. The van der Waals surface area contributed by atoms with Gasteiger partial charge >= 0.3 is 17.4 Å². The van der Waals surface area contributed by atoms with Crippen molar-refractivity contribution in [1.82, 2.24) is 0 Å². The minimum atomic E-state index is -2.22. The SMILES string of the molecule is OC[C@H]1O[C@@](CO)(O[C@H]2O[C@H](CO)[C@@H](O)[C@H](O)[C@H]2O)[C@@H](O)[C@@H]1O.[Al+3].[OH-].[OH-].[OH-]. The van der Waals surface area contributed by atoms with E-state index in [1.165, 1.54) is 0 Å². The molecule has 160 valence electrons. The van der Waals surface area contributed by atoms with E-state index in [-0.39, 0.29) is 33.8 Å². The number of ether oxygens (including phenoxy) is 3. The summed E-state index contributed by atoms with van der Waals surface area (Å²) in [5.74, 6) is -2.22. The maximum atomic E-state index is 10.00. The number of aliphatic hydroxyl groups is 8. The van der Waals surface area contributed by atoms with Crippen LogP contribution in [-0.4, -0.2) is 149 Å². The molecule has 0 aromatic rings. The Labute approximate surface area is 164 Å². The van der Waals surface area contributed by atoms with Crippen LogP contribution in [0.5, 0.6) is 0 Å². The van der Waals surface area contributed by atoms with Crippen LogP contribution in [0.3, 0.4) is 0 Å². The molecule has 0 aromatic heterocycles. The van der Waals surface area contributed by atoms with Crippen LogP contribution in [0.2, 0.25) is 0 Å². The average Bonchev–Trinajstić information content (AvgIpc) is 2.80. The quantitative estimate of drug-likeness (QED) is 0.192. The molecule has 0 aromatic carbocycles. The third-order valence-electron chi connectivity index (χ3n) is 4.07. The summed E-state index contributed by atoms with van der Waals surface area (Å²) in [5.41, 5.74) is 0. The van der Waals surface area contributed by atoms with Gasteiger partial charge in [0.25, 0.3) is 0 Å². The van der Waals surface area contributed by atoms with Gasteiger partial charge in [0.1, 0.15) is 49.3 Å². The fraction of sp³-hybridized carbons (Fsp3) is 1.00. The Balaban J connectivity index is -0.00000144. The second-order valence-electron chi connectivity index (χ2n) is 5.56. The summed E-state index contributed by atoms with van der Waals surface area (Å²) in [6.07, 6.45) is -12.7. The molecule has 0 aliphatic carbocycles. The van der Waals surface area contributed by atoms with Crippen molar-refractivity contribution in [3.63, 3.8) is 0 Å². The largest absolute Gasteiger partial charge is 3.00 e.